The van der Waals surface area contributed by atoms with Crippen LogP contribution >= 0.6 is 0 Å². The van der Waals surface area contributed by atoms with Crippen LogP contribution in [0.2, 0.25) is 0 Å². The predicted molar refractivity (Wildman–Crippen MR) is 140 cm³/mol. The molecule has 0 atom stereocenters. The van der Waals surface area contributed by atoms with Crippen molar-refractivity contribution in [1.82, 2.24) is 0 Å². The summed E-state index contributed by atoms with van der Waals surface area (Å²) in [6, 6.07) is 28.3. The molecule has 4 rings (SSSR count). The molecular formula is C30H26O9. The molecule has 0 bridgehead atoms. The summed E-state index contributed by atoms with van der Waals surface area (Å²) in [7, 11) is 3.04. The Labute approximate surface area is 225 Å². The van der Waals surface area contributed by atoms with Gasteiger partial charge in [-0.2, -0.15) is 0 Å². The minimum atomic E-state index is -0.776. The average Bonchev–Trinajstić information content (AvgIpc) is 2.94. The first kappa shape index (κ1) is 27.0. The maximum atomic E-state index is 12.2. The van der Waals surface area contributed by atoms with Crippen molar-refractivity contribution < 1.29 is 43.3 Å². The number of carbonyl (C=O) groups is 2. The molecule has 4 aromatic rings. The molecule has 0 saturated heterocycles. The zero-order valence-corrected chi connectivity index (χ0v) is 21.3. The van der Waals surface area contributed by atoms with Crippen LogP contribution in [0.3, 0.4) is 0 Å². The van der Waals surface area contributed by atoms with Crippen LogP contribution < -0.4 is 18.9 Å². The minimum Gasteiger partial charge on any atom is -0.493 e. The Balaban J connectivity index is 1.28. The number of ether oxygens (including phenoxy) is 4. The summed E-state index contributed by atoms with van der Waals surface area (Å²) in [5.41, 5.74) is 1.15. The fourth-order valence-corrected chi connectivity index (χ4v) is 3.54. The second-order valence-corrected chi connectivity index (χ2v) is 8.13. The topological polar surface area (TPSA) is 98.8 Å². The van der Waals surface area contributed by atoms with Gasteiger partial charge in [-0.1, -0.05) is 48.5 Å². The quantitative estimate of drug-likeness (QED) is 0.161. The van der Waals surface area contributed by atoms with Crippen molar-refractivity contribution in [3.8, 4) is 34.5 Å². The number of carbonyl (C=O) groups excluding carboxylic acids is 2. The third-order valence-corrected chi connectivity index (χ3v) is 5.35. The molecule has 0 unspecified atom stereocenters. The van der Waals surface area contributed by atoms with Gasteiger partial charge in [-0.25, -0.2) is 9.59 Å². The first-order chi connectivity index (χ1) is 19.0. The van der Waals surface area contributed by atoms with Gasteiger partial charge in [0.05, 0.1) is 27.1 Å². The molecule has 0 fully saturated rings. The molecule has 0 spiro atoms. The third kappa shape index (κ3) is 7.98. The van der Waals surface area contributed by atoms with Crippen molar-refractivity contribution in [2.75, 3.05) is 14.2 Å². The van der Waals surface area contributed by atoms with Crippen molar-refractivity contribution in [3.05, 3.63) is 108 Å². The minimum absolute atomic E-state index is 0.161. The highest BCUT2D eigenvalue weighted by Gasteiger charge is 2.15. The van der Waals surface area contributed by atoms with E-state index in [9.17, 15) is 9.59 Å². The zero-order valence-electron chi connectivity index (χ0n) is 21.3. The number of methoxy groups -OCH3 is 2. The van der Waals surface area contributed by atoms with Crippen LogP contribution in [0.4, 0.5) is 0 Å². The van der Waals surface area contributed by atoms with Crippen LogP contribution in [-0.2, 0) is 37.2 Å². The van der Waals surface area contributed by atoms with Crippen molar-refractivity contribution in [3.63, 3.8) is 0 Å². The lowest BCUT2D eigenvalue weighted by Gasteiger charge is -2.12. The normalized spacial score (nSPS) is 10.3. The van der Waals surface area contributed by atoms with E-state index in [0.29, 0.717) is 45.6 Å². The number of hydrogen-bond donors (Lipinski definition) is 0. The van der Waals surface area contributed by atoms with Gasteiger partial charge in [0.25, 0.3) is 0 Å². The molecule has 0 amide bonds. The molecule has 200 valence electrons. The van der Waals surface area contributed by atoms with E-state index in [2.05, 4.69) is 14.8 Å². The maximum absolute atomic E-state index is 12.2. The van der Waals surface area contributed by atoms with Gasteiger partial charge < -0.3 is 18.9 Å². The molecule has 0 aliphatic heterocycles. The molecule has 9 heteroatoms. The van der Waals surface area contributed by atoms with E-state index in [4.69, 9.17) is 18.9 Å². The van der Waals surface area contributed by atoms with E-state index < -0.39 is 11.9 Å². The molecule has 4 aromatic carbocycles. The summed E-state index contributed by atoms with van der Waals surface area (Å²) < 4.78 is 22.4. The maximum Gasteiger partial charge on any atom is 0.351 e. The summed E-state index contributed by atoms with van der Waals surface area (Å²) in [6.45, 7) is 0. The van der Waals surface area contributed by atoms with Crippen molar-refractivity contribution in [2.45, 2.75) is 12.8 Å². The molecular weight excluding hydrogens is 504 g/mol. The van der Waals surface area contributed by atoms with Crippen molar-refractivity contribution in [2.24, 2.45) is 0 Å². The Morgan fingerprint density at radius 3 is 1.33 bits per heavy atom. The van der Waals surface area contributed by atoms with Crippen LogP contribution in [0, 0.1) is 0 Å². The second kappa shape index (κ2) is 13.5. The van der Waals surface area contributed by atoms with Gasteiger partial charge in [0, 0.05) is 5.04 Å². The van der Waals surface area contributed by atoms with E-state index in [1.165, 1.54) is 14.2 Å². The van der Waals surface area contributed by atoms with Crippen molar-refractivity contribution >= 4 is 11.9 Å². The molecule has 9 nitrogen and oxygen atoms in total. The number of benzene rings is 4. The highest BCUT2D eigenvalue weighted by molar-refractivity contribution is 5.73. The molecule has 0 heterocycles. The lowest BCUT2D eigenvalue weighted by Crippen LogP contribution is -2.14. The largest absolute Gasteiger partial charge is 0.493 e. The van der Waals surface area contributed by atoms with Gasteiger partial charge in [0.1, 0.15) is 11.5 Å². The van der Waals surface area contributed by atoms with Gasteiger partial charge in [-0.15, -0.1) is 0 Å². The van der Waals surface area contributed by atoms with E-state index in [1.54, 1.807) is 60.7 Å². The fourth-order valence-electron chi connectivity index (χ4n) is 3.54. The van der Waals surface area contributed by atoms with E-state index >= 15 is 0 Å². The molecule has 0 aromatic heterocycles. The molecule has 0 radical (unpaired) electrons. The molecule has 0 N–H and O–H groups in total. The smallest absolute Gasteiger partial charge is 0.351 e. The third-order valence-electron chi connectivity index (χ3n) is 5.35. The monoisotopic (exact) mass is 530 g/mol. The van der Waals surface area contributed by atoms with Gasteiger partial charge >= 0.3 is 11.9 Å². The van der Waals surface area contributed by atoms with Gasteiger partial charge in [-0.3, -0.25) is 9.78 Å². The average molecular weight is 531 g/mol. The predicted octanol–water partition coefficient (Wildman–Crippen LogP) is 6.01. The van der Waals surface area contributed by atoms with E-state index in [1.807, 2.05) is 36.4 Å². The summed E-state index contributed by atoms with van der Waals surface area (Å²) in [5.74, 6) is 1.52. The standard InChI is InChI=1S/C30H26O9/c1-33-25-15-13-21(17-27(25)35-23-9-5-3-6-10-23)19-29(31)37-39-38-30(32)20-22-14-16-26(34-2)28(18-22)36-24-11-7-4-8-12-24/h3-18H,19-20H2,1-2H3. The summed E-state index contributed by atoms with van der Waals surface area (Å²) >= 11 is 0. The molecule has 0 aliphatic carbocycles. The van der Waals surface area contributed by atoms with Crippen LogP contribution in [0.15, 0.2) is 97.1 Å². The van der Waals surface area contributed by atoms with Crippen LogP contribution in [0.25, 0.3) is 0 Å². The van der Waals surface area contributed by atoms with Gasteiger partial charge in [-0.05, 0) is 59.7 Å². The number of para-hydroxylation sites is 2. The first-order valence-corrected chi connectivity index (χ1v) is 11.9. The Kier molecular flexibility index (Phi) is 9.36. The lowest BCUT2D eigenvalue weighted by molar-refractivity contribution is -0.459. The van der Waals surface area contributed by atoms with Crippen molar-refractivity contribution in [1.29, 1.82) is 0 Å². The van der Waals surface area contributed by atoms with Gasteiger partial charge in [0.15, 0.2) is 23.0 Å². The fraction of sp³-hybridized carbons (Fsp3) is 0.133. The Morgan fingerprint density at radius 1 is 0.538 bits per heavy atom. The van der Waals surface area contributed by atoms with Crippen LogP contribution in [0.1, 0.15) is 11.1 Å². The Bertz CT molecular complexity index is 1280. The lowest BCUT2D eigenvalue weighted by atomic mass is 10.1. The molecule has 39 heavy (non-hydrogen) atoms. The first-order valence-electron chi connectivity index (χ1n) is 11.9. The van der Waals surface area contributed by atoms with E-state index in [0.717, 1.165) is 0 Å². The van der Waals surface area contributed by atoms with Gasteiger partial charge in [0.2, 0.25) is 0 Å². The summed E-state index contributed by atoms with van der Waals surface area (Å²) in [5, 5.41) is 4.43. The highest BCUT2D eigenvalue weighted by Crippen LogP contribution is 2.33. The Morgan fingerprint density at radius 2 is 0.949 bits per heavy atom. The summed E-state index contributed by atoms with van der Waals surface area (Å²) in [4.78, 5) is 33.7. The SMILES string of the molecule is COc1ccc(CC(=O)OOOC(=O)Cc2ccc(OC)c(Oc3ccccc3)c2)cc1Oc1ccccc1. The number of hydrogen-bond acceptors (Lipinski definition) is 9. The Hall–Kier alpha value is -5.02. The second-order valence-electron chi connectivity index (χ2n) is 8.13. The molecule has 0 saturated carbocycles. The molecule has 0 aliphatic rings. The summed E-state index contributed by atoms with van der Waals surface area (Å²) in [6.07, 6.45) is -0.323. The van der Waals surface area contributed by atoms with E-state index in [-0.39, 0.29) is 12.8 Å². The van der Waals surface area contributed by atoms with Crippen LogP contribution in [0.5, 0.6) is 34.5 Å². The number of rotatable bonds is 12. The van der Waals surface area contributed by atoms with Crippen LogP contribution in [-0.4, -0.2) is 26.2 Å². The highest BCUT2D eigenvalue weighted by atomic mass is 17.5. The zero-order chi connectivity index (χ0) is 27.5.